The van der Waals surface area contributed by atoms with Crippen molar-refractivity contribution in [3.63, 3.8) is 0 Å². The molecule has 0 heterocycles. The molecular weight excluding hydrogens is 204 g/mol. The highest BCUT2D eigenvalue weighted by atomic mass is 16.3. The maximum atomic E-state index is 11.9. The quantitative estimate of drug-likeness (QED) is 0.647. The molecule has 94 valence electrons. The van der Waals surface area contributed by atoms with Gasteiger partial charge in [0.25, 0.3) is 0 Å². The van der Waals surface area contributed by atoms with Crippen molar-refractivity contribution >= 4 is 5.91 Å². The van der Waals surface area contributed by atoms with Crippen LogP contribution in [0.1, 0.15) is 40.0 Å². The minimum Gasteiger partial charge on any atom is -0.393 e. The van der Waals surface area contributed by atoms with Gasteiger partial charge >= 0.3 is 0 Å². The molecule has 1 amide bonds. The Hall–Kier alpha value is -0.610. The number of carbonyl (C=O) groups excluding carboxylic acids is 1. The number of hydrogen-bond acceptors (Lipinski definition) is 3. The van der Waals surface area contributed by atoms with Crippen molar-refractivity contribution in [2.24, 2.45) is 5.92 Å². The van der Waals surface area contributed by atoms with Crippen LogP contribution in [-0.2, 0) is 4.79 Å². The van der Waals surface area contributed by atoms with E-state index < -0.39 is 5.54 Å². The molecule has 4 heteroatoms. The summed E-state index contributed by atoms with van der Waals surface area (Å²) in [6.07, 6.45) is 2.55. The Bertz CT molecular complexity index is 241. The van der Waals surface area contributed by atoms with E-state index >= 15 is 0 Å². The van der Waals surface area contributed by atoms with Gasteiger partial charge < -0.3 is 15.7 Å². The number of carbonyl (C=O) groups is 1. The van der Waals surface area contributed by atoms with Gasteiger partial charge in [-0.3, -0.25) is 4.79 Å². The van der Waals surface area contributed by atoms with Crippen LogP contribution in [0.15, 0.2) is 0 Å². The topological polar surface area (TPSA) is 61.4 Å². The van der Waals surface area contributed by atoms with Crippen molar-refractivity contribution in [2.45, 2.75) is 51.7 Å². The molecule has 0 aromatic rings. The van der Waals surface area contributed by atoms with Crippen LogP contribution in [0.2, 0.25) is 0 Å². The van der Waals surface area contributed by atoms with E-state index in [1.54, 1.807) is 0 Å². The van der Waals surface area contributed by atoms with Crippen LogP contribution in [0, 0.1) is 5.92 Å². The van der Waals surface area contributed by atoms with E-state index in [2.05, 4.69) is 10.6 Å². The predicted molar refractivity (Wildman–Crippen MR) is 64.1 cm³/mol. The van der Waals surface area contributed by atoms with Crippen molar-refractivity contribution in [1.29, 1.82) is 0 Å². The highest BCUT2D eigenvalue weighted by Gasteiger charge is 2.28. The third-order valence-electron chi connectivity index (χ3n) is 3.25. The number of likely N-dealkylation sites (N-methyl/N-ethyl adjacent to an activating group) is 1. The molecule has 2 unspecified atom stereocenters. The van der Waals surface area contributed by atoms with Gasteiger partial charge in [-0.05, 0) is 45.6 Å². The van der Waals surface area contributed by atoms with Gasteiger partial charge in [-0.1, -0.05) is 6.92 Å². The maximum Gasteiger partial charge on any atom is 0.239 e. The summed E-state index contributed by atoms with van der Waals surface area (Å²) in [7, 11) is 0. The fraction of sp³-hybridized carbons (Fsp3) is 0.917. The Kier molecular flexibility index (Phi) is 4.74. The van der Waals surface area contributed by atoms with E-state index in [1.807, 2.05) is 20.8 Å². The molecule has 0 saturated heterocycles. The zero-order valence-corrected chi connectivity index (χ0v) is 10.5. The van der Waals surface area contributed by atoms with E-state index in [0.717, 1.165) is 25.8 Å². The van der Waals surface area contributed by atoms with Crippen LogP contribution < -0.4 is 10.6 Å². The lowest BCUT2D eigenvalue weighted by Gasteiger charge is -2.25. The molecule has 0 radical (unpaired) electrons. The Labute approximate surface area is 97.8 Å². The van der Waals surface area contributed by atoms with E-state index in [-0.39, 0.29) is 12.0 Å². The highest BCUT2D eigenvalue weighted by molar-refractivity contribution is 5.85. The molecule has 1 rings (SSSR count). The normalized spacial score (nSPS) is 25.8. The minimum absolute atomic E-state index is 0.0377. The monoisotopic (exact) mass is 228 g/mol. The summed E-state index contributed by atoms with van der Waals surface area (Å²) >= 11 is 0. The summed E-state index contributed by atoms with van der Waals surface area (Å²) in [6.45, 7) is 7.22. The summed E-state index contributed by atoms with van der Waals surface area (Å²) in [5, 5.41) is 15.5. The molecule has 0 aromatic carbocycles. The van der Waals surface area contributed by atoms with Crippen molar-refractivity contribution in [2.75, 3.05) is 13.1 Å². The number of rotatable bonds is 5. The first kappa shape index (κ1) is 13.5. The molecule has 0 aliphatic heterocycles. The molecule has 1 fully saturated rings. The Morgan fingerprint density at radius 2 is 2.12 bits per heavy atom. The standard InChI is InChI=1S/C12H24N2O2/c1-4-14-12(2,3)11(16)13-8-9-5-6-10(15)7-9/h9-10,14-15H,4-8H2,1-3H3,(H,13,16). The van der Waals surface area contributed by atoms with Gasteiger partial charge in [-0.2, -0.15) is 0 Å². The molecule has 4 nitrogen and oxygen atoms in total. The lowest BCUT2D eigenvalue weighted by molar-refractivity contribution is -0.126. The molecule has 1 saturated carbocycles. The smallest absolute Gasteiger partial charge is 0.239 e. The second-order valence-corrected chi connectivity index (χ2v) is 5.20. The summed E-state index contributed by atoms with van der Waals surface area (Å²) in [4.78, 5) is 11.9. The van der Waals surface area contributed by atoms with Crippen LogP contribution in [0.3, 0.4) is 0 Å². The summed E-state index contributed by atoms with van der Waals surface area (Å²) in [6, 6.07) is 0. The number of hydrogen-bond donors (Lipinski definition) is 3. The van der Waals surface area contributed by atoms with Gasteiger partial charge in [0.1, 0.15) is 0 Å². The van der Waals surface area contributed by atoms with Gasteiger partial charge in [-0.25, -0.2) is 0 Å². The molecule has 3 N–H and O–H groups in total. The minimum atomic E-state index is -0.508. The van der Waals surface area contributed by atoms with Crippen LogP contribution in [0.5, 0.6) is 0 Å². The molecule has 1 aliphatic carbocycles. The van der Waals surface area contributed by atoms with Crippen molar-refractivity contribution < 1.29 is 9.90 Å². The van der Waals surface area contributed by atoms with Gasteiger partial charge in [-0.15, -0.1) is 0 Å². The van der Waals surface area contributed by atoms with Crippen molar-refractivity contribution in [3.8, 4) is 0 Å². The number of nitrogens with one attached hydrogen (secondary N) is 2. The average molecular weight is 228 g/mol. The van der Waals surface area contributed by atoms with E-state index in [4.69, 9.17) is 0 Å². The lowest BCUT2D eigenvalue weighted by Crippen LogP contribution is -2.53. The van der Waals surface area contributed by atoms with Crippen LogP contribution in [-0.4, -0.2) is 35.7 Å². The Morgan fingerprint density at radius 1 is 1.44 bits per heavy atom. The highest BCUT2D eigenvalue weighted by Crippen LogP contribution is 2.24. The fourth-order valence-electron chi connectivity index (χ4n) is 2.21. The molecule has 16 heavy (non-hydrogen) atoms. The summed E-state index contributed by atoms with van der Waals surface area (Å²) < 4.78 is 0. The van der Waals surface area contributed by atoms with Gasteiger partial charge in [0.2, 0.25) is 5.91 Å². The molecule has 0 bridgehead atoms. The first-order valence-corrected chi connectivity index (χ1v) is 6.17. The SMILES string of the molecule is CCNC(C)(C)C(=O)NCC1CCC(O)C1. The largest absolute Gasteiger partial charge is 0.393 e. The fourth-order valence-corrected chi connectivity index (χ4v) is 2.21. The van der Waals surface area contributed by atoms with E-state index in [0.29, 0.717) is 12.5 Å². The first-order valence-electron chi connectivity index (χ1n) is 6.17. The molecule has 2 atom stereocenters. The Morgan fingerprint density at radius 3 is 2.62 bits per heavy atom. The number of amides is 1. The van der Waals surface area contributed by atoms with Crippen molar-refractivity contribution in [1.82, 2.24) is 10.6 Å². The van der Waals surface area contributed by atoms with E-state index in [9.17, 15) is 9.90 Å². The van der Waals surface area contributed by atoms with Crippen molar-refractivity contribution in [3.05, 3.63) is 0 Å². The summed E-state index contributed by atoms with van der Waals surface area (Å²) in [5.41, 5.74) is -0.508. The van der Waals surface area contributed by atoms with Gasteiger partial charge in [0.05, 0.1) is 11.6 Å². The second-order valence-electron chi connectivity index (χ2n) is 5.20. The molecule has 0 aromatic heterocycles. The lowest BCUT2D eigenvalue weighted by atomic mass is 10.0. The molecule has 1 aliphatic rings. The second kappa shape index (κ2) is 5.64. The van der Waals surface area contributed by atoms with Gasteiger partial charge in [0, 0.05) is 6.54 Å². The predicted octanol–water partition coefficient (Wildman–Crippen LogP) is 0.652. The zero-order chi connectivity index (χ0) is 12.2. The average Bonchev–Trinajstić information content (AvgIpc) is 2.60. The van der Waals surface area contributed by atoms with Crippen LogP contribution >= 0.6 is 0 Å². The number of aliphatic hydroxyl groups is 1. The van der Waals surface area contributed by atoms with Crippen LogP contribution in [0.25, 0.3) is 0 Å². The first-order chi connectivity index (χ1) is 7.45. The maximum absolute atomic E-state index is 11.9. The molecular formula is C12H24N2O2. The number of aliphatic hydroxyl groups excluding tert-OH is 1. The summed E-state index contributed by atoms with van der Waals surface area (Å²) in [5.74, 6) is 0.479. The Balaban J connectivity index is 2.29. The van der Waals surface area contributed by atoms with Gasteiger partial charge in [0.15, 0.2) is 0 Å². The third kappa shape index (κ3) is 3.76. The van der Waals surface area contributed by atoms with E-state index in [1.165, 1.54) is 0 Å². The van der Waals surface area contributed by atoms with Crippen LogP contribution in [0.4, 0.5) is 0 Å². The molecule has 0 spiro atoms. The zero-order valence-electron chi connectivity index (χ0n) is 10.5. The third-order valence-corrected chi connectivity index (χ3v) is 3.25.